The average Bonchev–Trinajstić information content (AvgIpc) is 3.39. The first-order chi connectivity index (χ1) is 17.9. The van der Waals surface area contributed by atoms with E-state index < -0.39 is 5.97 Å². The van der Waals surface area contributed by atoms with Crippen LogP contribution in [0.2, 0.25) is 0 Å². The smallest absolute Gasteiger partial charge is 0.409 e. The molecule has 8 heteroatoms. The van der Waals surface area contributed by atoms with E-state index in [0.717, 1.165) is 29.2 Å². The minimum Gasteiger partial charge on any atom is -0.493 e. The van der Waals surface area contributed by atoms with Crippen LogP contribution in [-0.4, -0.2) is 53.4 Å². The molecule has 0 radical (unpaired) electrons. The Morgan fingerprint density at radius 3 is 2.73 bits per heavy atom. The summed E-state index contributed by atoms with van der Waals surface area (Å²) in [5.41, 5.74) is 1.80. The summed E-state index contributed by atoms with van der Waals surface area (Å²) in [5, 5.41) is 9.42. The van der Waals surface area contributed by atoms with Gasteiger partial charge in [0, 0.05) is 31.0 Å². The number of nitrogens with zero attached hydrogens (tertiary/aromatic N) is 2. The molecule has 1 saturated heterocycles. The average molecular weight is 507 g/mol. The maximum absolute atomic E-state index is 12.4. The van der Waals surface area contributed by atoms with Crippen molar-refractivity contribution in [1.29, 1.82) is 0 Å². The molecule has 2 aromatic rings. The first-order valence-electron chi connectivity index (χ1n) is 12.8. The van der Waals surface area contributed by atoms with Crippen LogP contribution < -0.4 is 0 Å². The molecule has 0 bridgehead atoms. The van der Waals surface area contributed by atoms with Crippen LogP contribution in [0, 0.1) is 24.7 Å². The zero-order valence-corrected chi connectivity index (χ0v) is 21.3. The lowest BCUT2D eigenvalue weighted by atomic mass is 9.82. The SMILES string of the molecule is CCCOC(=O)N1C[C@H](CC(=O)O)[C@H](C2C=CC=C(OCCc3nc(-c4ccccc4)oc3C)C=C2)C1. The lowest BCUT2D eigenvalue weighted by Crippen LogP contribution is -2.30. The number of hydrogen-bond acceptors (Lipinski definition) is 6. The van der Waals surface area contributed by atoms with E-state index >= 15 is 0 Å². The molecular weight excluding hydrogens is 472 g/mol. The number of carboxylic acid groups (broad SMARTS) is 1. The number of aliphatic carboxylic acids is 1. The van der Waals surface area contributed by atoms with Crippen LogP contribution >= 0.6 is 0 Å². The first-order valence-corrected chi connectivity index (χ1v) is 12.8. The molecule has 2 aliphatic rings. The third-order valence-corrected chi connectivity index (χ3v) is 6.71. The highest BCUT2D eigenvalue weighted by molar-refractivity contribution is 5.69. The molecule has 3 atom stereocenters. The topological polar surface area (TPSA) is 102 Å². The van der Waals surface area contributed by atoms with Gasteiger partial charge < -0.3 is 23.9 Å². The summed E-state index contributed by atoms with van der Waals surface area (Å²) in [4.78, 5) is 30.1. The number of rotatable bonds is 10. The number of likely N-dealkylation sites (tertiary alicyclic amines) is 1. The van der Waals surface area contributed by atoms with E-state index in [2.05, 4.69) is 4.98 Å². The maximum atomic E-state index is 12.4. The van der Waals surface area contributed by atoms with Crippen LogP contribution in [0.5, 0.6) is 0 Å². The normalized spacial score (nSPS) is 21.0. The number of aryl methyl sites for hydroxylation is 1. The lowest BCUT2D eigenvalue weighted by molar-refractivity contribution is -0.138. The van der Waals surface area contributed by atoms with Crippen molar-refractivity contribution in [2.45, 2.75) is 33.1 Å². The molecule has 1 aromatic carbocycles. The van der Waals surface area contributed by atoms with Gasteiger partial charge in [0.25, 0.3) is 0 Å². The summed E-state index contributed by atoms with van der Waals surface area (Å²) < 4.78 is 17.1. The number of carbonyl (C=O) groups excluding carboxylic acids is 1. The minimum atomic E-state index is -0.860. The molecule has 1 aliphatic heterocycles. The van der Waals surface area contributed by atoms with E-state index in [1.165, 1.54) is 0 Å². The second kappa shape index (κ2) is 12.4. The number of carbonyl (C=O) groups is 2. The molecule has 1 unspecified atom stereocenters. The van der Waals surface area contributed by atoms with Crippen molar-refractivity contribution in [3.63, 3.8) is 0 Å². The zero-order chi connectivity index (χ0) is 26.2. The molecule has 1 N–H and O–H groups in total. The third-order valence-electron chi connectivity index (χ3n) is 6.71. The van der Waals surface area contributed by atoms with Crippen molar-refractivity contribution >= 4 is 12.1 Å². The summed E-state index contributed by atoms with van der Waals surface area (Å²) in [5.74, 6) is 1.06. The summed E-state index contributed by atoms with van der Waals surface area (Å²) in [6.45, 7) is 5.50. The Morgan fingerprint density at radius 2 is 1.97 bits per heavy atom. The lowest BCUT2D eigenvalue weighted by Gasteiger charge is -2.21. The molecule has 1 aromatic heterocycles. The molecule has 37 heavy (non-hydrogen) atoms. The van der Waals surface area contributed by atoms with E-state index in [9.17, 15) is 14.7 Å². The van der Waals surface area contributed by atoms with E-state index in [4.69, 9.17) is 13.9 Å². The molecule has 8 nitrogen and oxygen atoms in total. The number of allylic oxidation sites excluding steroid dienone is 5. The molecule has 196 valence electrons. The highest BCUT2D eigenvalue weighted by Gasteiger charge is 2.40. The van der Waals surface area contributed by atoms with Crippen LogP contribution in [0.25, 0.3) is 11.5 Å². The third kappa shape index (κ3) is 6.90. The number of hydrogen-bond donors (Lipinski definition) is 1. The van der Waals surface area contributed by atoms with Crippen molar-refractivity contribution in [2.24, 2.45) is 17.8 Å². The van der Waals surface area contributed by atoms with Gasteiger partial charge in [-0.15, -0.1) is 0 Å². The standard InChI is InChI=1S/C29H34N2O6/c1-3-15-36-29(34)31-18-23(17-27(32)33)25(19-31)21-10-7-11-24(13-12-21)35-16-14-26-20(2)37-28(30-26)22-8-5-4-6-9-22/h4-13,21,23,25H,3,14-19H2,1-2H3,(H,32,33)/t21?,23-,25-/m0/s1. The summed E-state index contributed by atoms with van der Waals surface area (Å²) >= 11 is 0. The van der Waals surface area contributed by atoms with Gasteiger partial charge in [-0.25, -0.2) is 9.78 Å². The van der Waals surface area contributed by atoms with Crippen LogP contribution in [0.1, 0.15) is 31.2 Å². The van der Waals surface area contributed by atoms with Gasteiger partial charge in [-0.1, -0.05) is 43.4 Å². The Morgan fingerprint density at radius 1 is 1.16 bits per heavy atom. The van der Waals surface area contributed by atoms with Gasteiger partial charge in [0.2, 0.25) is 5.89 Å². The Bertz CT molecular complexity index is 1170. The van der Waals surface area contributed by atoms with Crippen molar-refractivity contribution < 1.29 is 28.6 Å². The fourth-order valence-electron chi connectivity index (χ4n) is 4.82. The molecule has 0 saturated carbocycles. The van der Waals surface area contributed by atoms with Gasteiger partial charge in [-0.3, -0.25) is 4.79 Å². The molecule has 4 rings (SSSR count). The highest BCUT2D eigenvalue weighted by atomic mass is 16.6. The zero-order valence-electron chi connectivity index (χ0n) is 21.3. The highest BCUT2D eigenvalue weighted by Crippen LogP contribution is 2.35. The van der Waals surface area contributed by atoms with Gasteiger partial charge in [0.05, 0.1) is 25.3 Å². The molecule has 0 spiro atoms. The summed E-state index contributed by atoms with van der Waals surface area (Å²) in [6.07, 6.45) is 10.8. The van der Waals surface area contributed by atoms with Gasteiger partial charge in [0.1, 0.15) is 11.5 Å². The maximum Gasteiger partial charge on any atom is 0.409 e. The molecule has 1 fully saturated rings. The van der Waals surface area contributed by atoms with E-state index in [1.807, 2.05) is 74.6 Å². The van der Waals surface area contributed by atoms with E-state index in [0.29, 0.717) is 38.6 Å². The molecule has 2 heterocycles. The van der Waals surface area contributed by atoms with E-state index in [1.54, 1.807) is 4.90 Å². The molecule has 1 aliphatic carbocycles. The van der Waals surface area contributed by atoms with Gasteiger partial charge in [0.15, 0.2) is 0 Å². The second-order valence-corrected chi connectivity index (χ2v) is 9.42. The number of oxazole rings is 1. The minimum absolute atomic E-state index is 0.0131. The van der Waals surface area contributed by atoms with Gasteiger partial charge >= 0.3 is 12.1 Å². The summed E-state index contributed by atoms with van der Waals surface area (Å²) in [7, 11) is 0. The number of ether oxygens (including phenoxy) is 2. The number of aromatic nitrogens is 1. The van der Waals surface area contributed by atoms with Gasteiger partial charge in [-0.05, 0) is 49.5 Å². The second-order valence-electron chi connectivity index (χ2n) is 9.42. The van der Waals surface area contributed by atoms with Crippen LogP contribution in [-0.2, 0) is 20.7 Å². The Balaban J connectivity index is 1.34. The predicted molar refractivity (Wildman–Crippen MR) is 139 cm³/mol. The number of carboxylic acids is 1. The Kier molecular flexibility index (Phi) is 8.82. The van der Waals surface area contributed by atoms with Gasteiger partial charge in [-0.2, -0.15) is 0 Å². The van der Waals surface area contributed by atoms with E-state index in [-0.39, 0.29) is 30.3 Å². The first kappa shape index (κ1) is 26.3. The largest absolute Gasteiger partial charge is 0.493 e. The Labute approximate surface area is 217 Å². The van der Waals surface area contributed by atoms with Crippen molar-refractivity contribution in [3.8, 4) is 11.5 Å². The quantitative estimate of drug-likeness (QED) is 0.460. The molecular formula is C29H34N2O6. The monoisotopic (exact) mass is 506 g/mol. The van der Waals surface area contributed by atoms with Crippen molar-refractivity contribution in [2.75, 3.05) is 26.3 Å². The number of amides is 1. The number of benzene rings is 1. The fraction of sp³-hybridized carbons (Fsp3) is 0.414. The fourth-order valence-corrected chi connectivity index (χ4v) is 4.82. The van der Waals surface area contributed by atoms with Crippen molar-refractivity contribution in [3.05, 3.63) is 77.9 Å². The van der Waals surface area contributed by atoms with Crippen LogP contribution in [0.15, 0.2) is 70.9 Å². The predicted octanol–water partition coefficient (Wildman–Crippen LogP) is 5.40. The Hall–Kier alpha value is -3.81. The van der Waals surface area contributed by atoms with Crippen molar-refractivity contribution in [1.82, 2.24) is 9.88 Å². The summed E-state index contributed by atoms with van der Waals surface area (Å²) in [6, 6.07) is 9.79. The van der Waals surface area contributed by atoms with Crippen LogP contribution in [0.4, 0.5) is 4.79 Å². The van der Waals surface area contributed by atoms with Crippen LogP contribution in [0.3, 0.4) is 0 Å². The molecule has 1 amide bonds.